The number of nitrogens with one attached hydrogen (secondary N) is 3. The van der Waals surface area contributed by atoms with E-state index in [2.05, 4.69) is 15.3 Å². The fraction of sp³-hybridized carbons (Fsp3) is 0.565. The van der Waals surface area contributed by atoms with Crippen molar-refractivity contribution in [2.24, 2.45) is 5.92 Å². The number of hydrogen-bond acceptors (Lipinski definition) is 2. The van der Waals surface area contributed by atoms with Crippen LogP contribution in [0.2, 0.25) is 0 Å². The largest absolute Gasteiger partial charge is 0.354 e. The molecule has 1 saturated heterocycles. The molecule has 2 unspecified atom stereocenters. The van der Waals surface area contributed by atoms with Gasteiger partial charge in [-0.3, -0.25) is 9.59 Å². The Kier molecular flexibility index (Phi) is 3.74. The molecule has 6 nitrogen and oxygen atoms in total. The van der Waals surface area contributed by atoms with Crippen molar-refractivity contribution in [3.63, 3.8) is 0 Å². The number of aromatic amines is 2. The van der Waals surface area contributed by atoms with E-state index in [1.165, 1.54) is 35.4 Å². The molecule has 1 aliphatic heterocycles. The third-order valence-electron chi connectivity index (χ3n) is 7.55. The van der Waals surface area contributed by atoms with Gasteiger partial charge in [-0.15, -0.1) is 0 Å². The van der Waals surface area contributed by atoms with Crippen LogP contribution in [0, 0.1) is 5.92 Å². The minimum absolute atomic E-state index is 0.0202. The molecule has 2 aromatic rings. The highest BCUT2D eigenvalue weighted by molar-refractivity contribution is 5.95. The molecular weight excluding hydrogens is 364 g/mol. The van der Waals surface area contributed by atoms with E-state index in [9.17, 15) is 9.59 Å². The number of carbonyl (C=O) groups excluding carboxylic acids is 2. The quantitative estimate of drug-likeness (QED) is 0.751. The highest BCUT2D eigenvalue weighted by atomic mass is 16.2. The summed E-state index contributed by atoms with van der Waals surface area (Å²) in [5, 5.41) is 3.33. The predicted molar refractivity (Wildman–Crippen MR) is 109 cm³/mol. The maximum Gasteiger partial charge on any atom is 0.270 e. The van der Waals surface area contributed by atoms with Crippen LogP contribution < -0.4 is 5.32 Å². The zero-order chi connectivity index (χ0) is 19.6. The maximum atomic E-state index is 13.2. The van der Waals surface area contributed by atoms with Crippen molar-refractivity contribution in [3.8, 4) is 0 Å². The van der Waals surface area contributed by atoms with Crippen LogP contribution in [0.1, 0.15) is 75.6 Å². The standard InChI is InChI=1S/C23H28N4O2/c28-21(19-9-15-3-1-5-17(15)24-19)26-23-8-7-14(11-23)12-27(13-23)22(29)20-10-16-4-2-6-18(16)25-20/h9-10,14,24-25H,1-8,11-13H2,(H,26,28). The summed E-state index contributed by atoms with van der Waals surface area (Å²) in [5.74, 6) is 0.542. The summed E-state index contributed by atoms with van der Waals surface area (Å²) < 4.78 is 0. The first-order chi connectivity index (χ1) is 14.1. The van der Waals surface area contributed by atoms with Crippen LogP contribution in [0.4, 0.5) is 0 Å². The zero-order valence-corrected chi connectivity index (χ0v) is 16.8. The first-order valence-corrected chi connectivity index (χ1v) is 11.1. The van der Waals surface area contributed by atoms with Crippen molar-refractivity contribution >= 4 is 11.8 Å². The lowest BCUT2D eigenvalue weighted by molar-refractivity contribution is 0.0565. The van der Waals surface area contributed by atoms with Gasteiger partial charge in [0.2, 0.25) is 0 Å². The van der Waals surface area contributed by atoms with Gasteiger partial charge in [-0.25, -0.2) is 0 Å². The second-order valence-electron chi connectivity index (χ2n) is 9.61. The van der Waals surface area contributed by atoms with Crippen molar-refractivity contribution in [1.29, 1.82) is 0 Å². The van der Waals surface area contributed by atoms with Gasteiger partial charge in [-0.05, 0) is 87.0 Å². The van der Waals surface area contributed by atoms with Crippen LogP contribution >= 0.6 is 0 Å². The number of carbonyl (C=O) groups is 2. The normalized spacial score (nSPS) is 27.2. The zero-order valence-electron chi connectivity index (χ0n) is 16.8. The summed E-state index contributed by atoms with van der Waals surface area (Å²) >= 11 is 0. The van der Waals surface area contributed by atoms with Crippen molar-refractivity contribution in [3.05, 3.63) is 46.0 Å². The molecule has 2 fully saturated rings. The molecule has 6 rings (SSSR count). The fourth-order valence-corrected chi connectivity index (χ4v) is 6.19. The average Bonchev–Trinajstić information content (AvgIpc) is 3.46. The number of rotatable bonds is 3. The second kappa shape index (κ2) is 6.25. The van der Waals surface area contributed by atoms with Gasteiger partial charge in [0.25, 0.3) is 11.8 Å². The molecule has 3 heterocycles. The third kappa shape index (κ3) is 2.83. The first kappa shape index (κ1) is 17.4. The van der Waals surface area contributed by atoms with Crippen LogP contribution in [0.5, 0.6) is 0 Å². The van der Waals surface area contributed by atoms with Crippen molar-refractivity contribution < 1.29 is 9.59 Å². The molecule has 6 heteroatoms. The molecule has 0 radical (unpaired) electrons. The lowest BCUT2D eigenvalue weighted by atomic mass is 9.90. The highest BCUT2D eigenvalue weighted by Crippen LogP contribution is 2.40. The number of fused-ring (bicyclic) bond motifs is 4. The molecule has 3 aliphatic carbocycles. The first-order valence-electron chi connectivity index (χ1n) is 11.1. The molecule has 2 bridgehead atoms. The van der Waals surface area contributed by atoms with E-state index in [0.717, 1.165) is 57.2 Å². The molecule has 2 atom stereocenters. The topological polar surface area (TPSA) is 81.0 Å². The molecule has 152 valence electrons. The highest BCUT2D eigenvalue weighted by Gasteiger charge is 2.47. The number of amides is 2. The summed E-state index contributed by atoms with van der Waals surface area (Å²) in [7, 11) is 0. The lowest BCUT2D eigenvalue weighted by Crippen LogP contribution is -2.58. The van der Waals surface area contributed by atoms with Gasteiger partial charge >= 0.3 is 0 Å². The van der Waals surface area contributed by atoms with Gasteiger partial charge in [0.15, 0.2) is 0 Å². The monoisotopic (exact) mass is 392 g/mol. The molecule has 29 heavy (non-hydrogen) atoms. The van der Waals surface area contributed by atoms with E-state index in [1.807, 2.05) is 17.0 Å². The molecule has 0 aromatic carbocycles. The van der Waals surface area contributed by atoms with Crippen molar-refractivity contribution in [2.75, 3.05) is 13.1 Å². The smallest absolute Gasteiger partial charge is 0.270 e. The number of aryl methyl sites for hydroxylation is 4. The Morgan fingerprint density at radius 2 is 1.69 bits per heavy atom. The molecular formula is C23H28N4O2. The summed E-state index contributed by atoms with van der Waals surface area (Å²) in [5.41, 5.74) is 6.15. The Balaban J connectivity index is 1.20. The van der Waals surface area contributed by atoms with E-state index in [4.69, 9.17) is 0 Å². The van der Waals surface area contributed by atoms with Gasteiger partial charge in [0.1, 0.15) is 11.4 Å². The molecule has 4 aliphatic rings. The molecule has 0 spiro atoms. The van der Waals surface area contributed by atoms with E-state index in [1.54, 1.807) is 0 Å². The number of likely N-dealkylation sites (tertiary alicyclic amines) is 1. The maximum absolute atomic E-state index is 13.2. The second-order valence-corrected chi connectivity index (χ2v) is 9.61. The van der Waals surface area contributed by atoms with E-state index >= 15 is 0 Å². The third-order valence-corrected chi connectivity index (χ3v) is 7.55. The Hall–Kier alpha value is -2.50. The van der Waals surface area contributed by atoms with Crippen LogP contribution in [0.25, 0.3) is 0 Å². The lowest BCUT2D eigenvalue weighted by Gasteiger charge is -2.40. The fourth-order valence-electron chi connectivity index (χ4n) is 6.19. The van der Waals surface area contributed by atoms with E-state index < -0.39 is 0 Å². The van der Waals surface area contributed by atoms with Crippen LogP contribution in [0.3, 0.4) is 0 Å². The summed E-state index contributed by atoms with van der Waals surface area (Å²) in [4.78, 5) is 34.8. The van der Waals surface area contributed by atoms with E-state index in [0.29, 0.717) is 18.2 Å². The Labute approximate surface area is 170 Å². The number of hydrogen-bond donors (Lipinski definition) is 3. The number of H-pyrrole nitrogens is 2. The molecule has 3 N–H and O–H groups in total. The molecule has 1 saturated carbocycles. The van der Waals surface area contributed by atoms with Gasteiger partial charge < -0.3 is 20.2 Å². The van der Waals surface area contributed by atoms with Gasteiger partial charge in [-0.2, -0.15) is 0 Å². The van der Waals surface area contributed by atoms with Crippen LogP contribution in [-0.2, 0) is 25.7 Å². The Morgan fingerprint density at radius 3 is 2.41 bits per heavy atom. The van der Waals surface area contributed by atoms with Gasteiger partial charge in [0.05, 0.1) is 5.54 Å². The Bertz CT molecular complexity index is 960. The van der Waals surface area contributed by atoms with E-state index in [-0.39, 0.29) is 17.4 Å². The predicted octanol–water partition coefficient (Wildman–Crippen LogP) is 2.74. The molecule has 2 amide bonds. The minimum atomic E-state index is -0.291. The number of nitrogens with zero attached hydrogens (tertiary/aromatic N) is 1. The number of aromatic nitrogens is 2. The van der Waals surface area contributed by atoms with Gasteiger partial charge in [0, 0.05) is 24.5 Å². The molecule has 2 aromatic heterocycles. The Morgan fingerprint density at radius 1 is 1.00 bits per heavy atom. The average molecular weight is 393 g/mol. The van der Waals surface area contributed by atoms with Gasteiger partial charge in [-0.1, -0.05) is 0 Å². The summed E-state index contributed by atoms with van der Waals surface area (Å²) in [6.45, 7) is 1.41. The summed E-state index contributed by atoms with van der Waals surface area (Å²) in [6.07, 6.45) is 9.58. The SMILES string of the molecule is O=C(NC12CCC(CN(C(=O)c3cc4c([nH]3)CCC4)C1)C2)c1cc2c([nH]1)CCC2. The van der Waals surface area contributed by atoms with Crippen LogP contribution in [0.15, 0.2) is 12.1 Å². The van der Waals surface area contributed by atoms with Crippen molar-refractivity contribution in [2.45, 2.75) is 63.3 Å². The minimum Gasteiger partial charge on any atom is -0.354 e. The number of piperidine rings is 1. The van der Waals surface area contributed by atoms with Crippen molar-refractivity contribution in [1.82, 2.24) is 20.2 Å². The summed E-state index contributed by atoms with van der Waals surface area (Å²) in [6, 6.07) is 4.07. The van der Waals surface area contributed by atoms with Crippen LogP contribution in [-0.4, -0.2) is 45.3 Å².